The van der Waals surface area contributed by atoms with E-state index in [1.54, 1.807) is 31.2 Å². The zero-order valence-corrected chi connectivity index (χ0v) is 21.3. The SMILES string of the molecule is CCOC(=O)C1=c2s/c(=C\c3cccc(Br)c3)c(=O)n2C(C#N)=C(Br)[C@H]1c1cccc(N)c1. The normalized spacial score (nSPS) is 15.9. The van der Waals surface area contributed by atoms with Crippen LogP contribution in [0.4, 0.5) is 5.69 Å². The third kappa shape index (κ3) is 4.34. The molecule has 3 aromatic rings. The number of hydrogen-bond acceptors (Lipinski definition) is 6. The topological polar surface area (TPSA) is 98.1 Å². The second-order valence-electron chi connectivity index (χ2n) is 7.16. The standard InChI is InChI=1S/C24H17Br2N3O3S/c1-2-32-24(31)20-19(14-6-4-8-16(28)11-14)21(26)17(12-27)29-22(30)18(33-23(20)29)10-13-5-3-7-15(25)9-13/h3-11,19H,2,28H2,1H3/b18-10-/t19-/m0/s1. The van der Waals surface area contributed by atoms with E-state index in [-0.39, 0.29) is 23.4 Å². The maximum absolute atomic E-state index is 13.4. The number of nitriles is 1. The van der Waals surface area contributed by atoms with Crippen LogP contribution in [0.5, 0.6) is 0 Å². The Bertz CT molecular complexity index is 1530. The van der Waals surface area contributed by atoms with E-state index in [9.17, 15) is 14.9 Å². The molecule has 33 heavy (non-hydrogen) atoms. The Balaban J connectivity index is 2.11. The fourth-order valence-electron chi connectivity index (χ4n) is 3.68. The number of esters is 1. The molecule has 0 aliphatic carbocycles. The maximum atomic E-state index is 13.4. The number of halogens is 2. The maximum Gasteiger partial charge on any atom is 0.338 e. The minimum absolute atomic E-state index is 0.126. The van der Waals surface area contributed by atoms with Gasteiger partial charge in [0.2, 0.25) is 0 Å². The summed E-state index contributed by atoms with van der Waals surface area (Å²) in [5.41, 5.74) is 8.07. The zero-order chi connectivity index (χ0) is 23.7. The van der Waals surface area contributed by atoms with E-state index < -0.39 is 11.9 Å². The fraction of sp³-hybridized carbons (Fsp3) is 0.125. The fourth-order valence-corrected chi connectivity index (χ4v) is 6.01. The lowest BCUT2D eigenvalue weighted by atomic mass is 9.89. The zero-order valence-electron chi connectivity index (χ0n) is 17.3. The van der Waals surface area contributed by atoms with Gasteiger partial charge < -0.3 is 10.5 Å². The minimum atomic E-state index is -0.640. The van der Waals surface area contributed by atoms with Crippen LogP contribution < -0.4 is 20.5 Å². The summed E-state index contributed by atoms with van der Waals surface area (Å²) in [5, 5.41) is 9.96. The van der Waals surface area contributed by atoms with Crippen LogP contribution >= 0.6 is 43.2 Å². The number of carbonyl (C=O) groups is 1. The number of fused-ring (bicyclic) bond motifs is 1. The van der Waals surface area contributed by atoms with Crippen molar-refractivity contribution in [2.24, 2.45) is 0 Å². The molecule has 0 amide bonds. The lowest BCUT2D eigenvalue weighted by molar-refractivity contribution is -0.136. The molecular weight excluding hydrogens is 570 g/mol. The molecule has 0 saturated carbocycles. The smallest absolute Gasteiger partial charge is 0.338 e. The summed E-state index contributed by atoms with van der Waals surface area (Å²) >= 11 is 8.09. The molecule has 9 heteroatoms. The number of nitrogens with two attached hydrogens (primary N) is 1. The largest absolute Gasteiger partial charge is 0.463 e. The van der Waals surface area contributed by atoms with Gasteiger partial charge in [-0.25, -0.2) is 4.79 Å². The number of benzene rings is 2. The number of rotatable bonds is 4. The van der Waals surface area contributed by atoms with E-state index >= 15 is 0 Å². The van der Waals surface area contributed by atoms with Crippen LogP contribution in [0.2, 0.25) is 0 Å². The molecule has 0 spiro atoms. The Labute approximate surface area is 210 Å². The van der Waals surface area contributed by atoms with Crippen LogP contribution in [0, 0.1) is 11.3 Å². The molecule has 1 atom stereocenters. The van der Waals surface area contributed by atoms with E-state index in [1.165, 1.54) is 4.57 Å². The summed E-state index contributed by atoms with van der Waals surface area (Å²) in [7, 11) is 0. The molecule has 166 valence electrons. The van der Waals surface area contributed by atoms with E-state index in [1.807, 2.05) is 30.3 Å². The average molecular weight is 587 g/mol. The third-order valence-corrected chi connectivity index (χ3v) is 7.47. The molecule has 0 fully saturated rings. The second kappa shape index (κ2) is 9.51. The molecule has 1 aliphatic rings. The van der Waals surface area contributed by atoms with Gasteiger partial charge in [-0.05, 0) is 48.4 Å². The van der Waals surface area contributed by atoms with Gasteiger partial charge in [0.15, 0.2) is 0 Å². The number of thiazole rings is 1. The van der Waals surface area contributed by atoms with Gasteiger partial charge in [-0.1, -0.05) is 56.1 Å². The van der Waals surface area contributed by atoms with E-state index in [2.05, 4.69) is 37.9 Å². The van der Waals surface area contributed by atoms with Gasteiger partial charge >= 0.3 is 5.97 Å². The first kappa shape index (κ1) is 23.2. The molecule has 4 rings (SSSR count). The Morgan fingerprint density at radius 2 is 2.03 bits per heavy atom. The molecule has 0 saturated heterocycles. The van der Waals surface area contributed by atoms with Crippen LogP contribution in [0.15, 0.2) is 62.3 Å². The third-order valence-electron chi connectivity index (χ3n) is 5.04. The van der Waals surface area contributed by atoms with Crippen LogP contribution in [0.3, 0.4) is 0 Å². The Morgan fingerprint density at radius 3 is 2.70 bits per heavy atom. The van der Waals surface area contributed by atoms with Gasteiger partial charge in [0, 0.05) is 14.6 Å². The Hall–Kier alpha value is -2.93. The highest BCUT2D eigenvalue weighted by Crippen LogP contribution is 2.41. The minimum Gasteiger partial charge on any atom is -0.463 e. The van der Waals surface area contributed by atoms with Crippen LogP contribution in [0.25, 0.3) is 17.3 Å². The van der Waals surface area contributed by atoms with Gasteiger partial charge in [-0.15, -0.1) is 11.3 Å². The first-order valence-corrected chi connectivity index (χ1v) is 12.3. The van der Waals surface area contributed by atoms with Gasteiger partial charge in [0.1, 0.15) is 16.4 Å². The number of aromatic nitrogens is 1. The molecule has 0 bridgehead atoms. The van der Waals surface area contributed by atoms with Gasteiger partial charge in [0.25, 0.3) is 5.56 Å². The van der Waals surface area contributed by atoms with Crippen molar-refractivity contribution in [2.45, 2.75) is 12.8 Å². The molecule has 1 aromatic heterocycles. The quantitative estimate of drug-likeness (QED) is 0.371. The molecule has 0 unspecified atom stereocenters. The highest BCUT2D eigenvalue weighted by molar-refractivity contribution is 9.12. The summed E-state index contributed by atoms with van der Waals surface area (Å²) in [6.45, 7) is 1.89. The Kier molecular flexibility index (Phi) is 6.70. The molecule has 2 heterocycles. The molecule has 6 nitrogen and oxygen atoms in total. The van der Waals surface area contributed by atoms with E-state index in [0.29, 0.717) is 24.9 Å². The number of nitrogens with zero attached hydrogens (tertiary/aromatic N) is 2. The predicted molar refractivity (Wildman–Crippen MR) is 137 cm³/mol. The number of hydrogen-bond donors (Lipinski definition) is 1. The average Bonchev–Trinajstić information content (AvgIpc) is 3.08. The summed E-state index contributed by atoms with van der Waals surface area (Å²) in [6.07, 6.45) is 1.74. The molecular formula is C24H17Br2N3O3S. The van der Waals surface area contributed by atoms with Crippen molar-refractivity contribution in [2.75, 3.05) is 12.3 Å². The van der Waals surface area contributed by atoms with E-state index in [0.717, 1.165) is 21.4 Å². The van der Waals surface area contributed by atoms with Crippen molar-refractivity contribution in [1.82, 2.24) is 4.57 Å². The molecule has 1 aliphatic heterocycles. The second-order valence-corrected chi connectivity index (χ2v) is 9.96. The van der Waals surface area contributed by atoms with Gasteiger partial charge in [-0.2, -0.15) is 5.26 Å². The Morgan fingerprint density at radius 1 is 1.27 bits per heavy atom. The van der Waals surface area contributed by atoms with Crippen molar-refractivity contribution >= 4 is 72.2 Å². The highest BCUT2D eigenvalue weighted by atomic mass is 79.9. The summed E-state index contributed by atoms with van der Waals surface area (Å²) in [4.78, 5) is 26.5. The van der Waals surface area contributed by atoms with Crippen LogP contribution in [0.1, 0.15) is 24.0 Å². The van der Waals surface area contributed by atoms with Crippen molar-refractivity contribution in [1.29, 1.82) is 5.26 Å². The van der Waals surface area contributed by atoms with Crippen molar-refractivity contribution in [3.63, 3.8) is 0 Å². The molecule has 2 N–H and O–H groups in total. The number of anilines is 1. The lowest BCUT2D eigenvalue weighted by Crippen LogP contribution is -2.37. The van der Waals surface area contributed by atoms with Crippen molar-refractivity contribution < 1.29 is 9.53 Å². The van der Waals surface area contributed by atoms with Crippen molar-refractivity contribution in [3.05, 3.63) is 88.2 Å². The lowest BCUT2D eigenvalue weighted by Gasteiger charge is -2.24. The summed E-state index contributed by atoms with van der Waals surface area (Å²) < 4.78 is 8.69. The van der Waals surface area contributed by atoms with Crippen LogP contribution in [-0.4, -0.2) is 17.1 Å². The van der Waals surface area contributed by atoms with Gasteiger partial charge in [-0.3, -0.25) is 9.36 Å². The number of nitrogen functional groups attached to an aromatic ring is 1. The highest BCUT2D eigenvalue weighted by Gasteiger charge is 2.36. The summed E-state index contributed by atoms with van der Waals surface area (Å²) in [5.74, 6) is -1.19. The van der Waals surface area contributed by atoms with Gasteiger partial charge in [0.05, 0.1) is 22.6 Å². The predicted octanol–water partition coefficient (Wildman–Crippen LogP) is 3.68. The number of carbonyl (C=O) groups excluding carboxylic acids is 1. The molecule has 2 aromatic carbocycles. The monoisotopic (exact) mass is 585 g/mol. The summed E-state index contributed by atoms with van der Waals surface area (Å²) in [6, 6.07) is 16.7. The number of allylic oxidation sites excluding steroid dienone is 2. The number of ether oxygens (including phenoxy) is 1. The molecule has 0 radical (unpaired) electrons. The van der Waals surface area contributed by atoms with Crippen LogP contribution in [-0.2, 0) is 9.53 Å². The first-order chi connectivity index (χ1) is 15.8. The van der Waals surface area contributed by atoms with E-state index in [4.69, 9.17) is 10.5 Å². The van der Waals surface area contributed by atoms with Crippen molar-refractivity contribution in [3.8, 4) is 6.07 Å². The first-order valence-electron chi connectivity index (χ1n) is 9.91.